The quantitative estimate of drug-likeness (QED) is 0.190. The number of para-hydroxylation sites is 2. The number of hydrogen-bond donors (Lipinski definition) is 2. The van der Waals surface area contributed by atoms with Crippen LogP contribution in [0.1, 0.15) is 54.4 Å². The van der Waals surface area contributed by atoms with Gasteiger partial charge in [0.15, 0.2) is 0 Å². The van der Waals surface area contributed by atoms with Crippen LogP contribution in [0.4, 0.5) is 0 Å². The highest BCUT2D eigenvalue weighted by molar-refractivity contribution is 6.04. The fraction of sp³-hybridized carbons (Fsp3) is 0.423. The zero-order valence-corrected chi connectivity index (χ0v) is 20.0. The summed E-state index contributed by atoms with van der Waals surface area (Å²) >= 11 is 0. The predicted molar refractivity (Wildman–Crippen MR) is 127 cm³/mol. The van der Waals surface area contributed by atoms with E-state index < -0.39 is 23.5 Å². The maximum Gasteiger partial charge on any atom is 0.303 e. The summed E-state index contributed by atoms with van der Waals surface area (Å²) in [4.78, 5) is 35.2. The molecular formula is C26H32O9. The van der Waals surface area contributed by atoms with Gasteiger partial charge in [-0.3, -0.25) is 14.4 Å². The zero-order valence-electron chi connectivity index (χ0n) is 20.0. The molecule has 0 heterocycles. The van der Waals surface area contributed by atoms with Gasteiger partial charge in [0.1, 0.15) is 11.5 Å². The first-order valence-corrected chi connectivity index (χ1v) is 11.4. The van der Waals surface area contributed by atoms with Crippen molar-refractivity contribution in [2.75, 3.05) is 27.4 Å². The molecule has 0 radical (unpaired) electrons. The van der Waals surface area contributed by atoms with Crippen molar-refractivity contribution >= 4 is 17.7 Å². The van der Waals surface area contributed by atoms with Crippen molar-refractivity contribution in [3.63, 3.8) is 0 Å². The van der Waals surface area contributed by atoms with Crippen molar-refractivity contribution in [2.45, 2.75) is 44.3 Å². The summed E-state index contributed by atoms with van der Waals surface area (Å²) < 4.78 is 23.0. The van der Waals surface area contributed by atoms with Crippen LogP contribution < -0.4 is 9.47 Å². The first-order chi connectivity index (χ1) is 16.9. The monoisotopic (exact) mass is 488 g/mol. The van der Waals surface area contributed by atoms with Gasteiger partial charge in [-0.2, -0.15) is 0 Å². The van der Waals surface area contributed by atoms with Crippen molar-refractivity contribution in [3.05, 3.63) is 59.7 Å². The van der Waals surface area contributed by atoms with Crippen LogP contribution in [-0.4, -0.2) is 55.4 Å². The summed E-state index contributed by atoms with van der Waals surface area (Å²) in [6.45, 7) is 0.513. The molecule has 0 aromatic heterocycles. The lowest BCUT2D eigenvalue weighted by Gasteiger charge is -2.31. The number of carbonyl (C=O) groups excluding carboxylic acids is 1. The topological polar surface area (TPSA) is 129 Å². The van der Waals surface area contributed by atoms with E-state index >= 15 is 0 Å². The molecule has 0 aliphatic heterocycles. The van der Waals surface area contributed by atoms with Gasteiger partial charge < -0.3 is 29.2 Å². The fourth-order valence-electron chi connectivity index (χ4n) is 3.55. The average molecular weight is 489 g/mol. The number of carboxylic acid groups (broad SMARTS) is 2. The number of ether oxygens (including phenoxy) is 4. The second-order valence-electron chi connectivity index (χ2n) is 7.74. The second kappa shape index (κ2) is 14.1. The third kappa shape index (κ3) is 7.80. The first kappa shape index (κ1) is 27.8. The van der Waals surface area contributed by atoms with E-state index in [2.05, 4.69) is 0 Å². The van der Waals surface area contributed by atoms with Crippen molar-refractivity contribution in [2.24, 2.45) is 0 Å². The Bertz CT molecular complexity index is 982. The first-order valence-electron chi connectivity index (χ1n) is 11.4. The van der Waals surface area contributed by atoms with Crippen LogP contribution in [0.15, 0.2) is 48.5 Å². The van der Waals surface area contributed by atoms with E-state index in [1.54, 1.807) is 48.5 Å². The number of carboxylic acids is 2. The molecular weight excluding hydrogens is 456 g/mol. The summed E-state index contributed by atoms with van der Waals surface area (Å²) in [7, 11) is 2.72. The molecule has 2 aromatic carbocycles. The summed E-state index contributed by atoms with van der Waals surface area (Å²) in [5, 5.41) is 17.6. The smallest absolute Gasteiger partial charge is 0.303 e. The average Bonchev–Trinajstić information content (AvgIpc) is 2.85. The minimum Gasteiger partial charge on any atom is -0.493 e. The van der Waals surface area contributed by atoms with Crippen molar-refractivity contribution in [3.8, 4) is 11.5 Å². The Hall–Kier alpha value is -3.43. The number of rotatable bonds is 17. The van der Waals surface area contributed by atoms with Crippen molar-refractivity contribution in [1.82, 2.24) is 0 Å². The van der Waals surface area contributed by atoms with E-state index in [1.807, 2.05) is 0 Å². The van der Waals surface area contributed by atoms with E-state index in [1.165, 1.54) is 14.2 Å². The molecule has 9 heteroatoms. The summed E-state index contributed by atoms with van der Waals surface area (Å²) in [5.41, 5.74) is 0.607. The Kier molecular flexibility index (Phi) is 11.2. The number of Topliss-reactive ketones (excluding diaryl/α,β-unsaturated/α-hetero) is 1. The number of hydrogen-bond acceptors (Lipinski definition) is 7. The van der Waals surface area contributed by atoms with Gasteiger partial charge in [-0.1, -0.05) is 24.3 Å². The number of ketones is 1. The molecule has 0 saturated heterocycles. The van der Waals surface area contributed by atoms with Gasteiger partial charge in [0, 0.05) is 27.1 Å². The third-order valence-electron chi connectivity index (χ3n) is 5.33. The molecule has 0 unspecified atom stereocenters. The largest absolute Gasteiger partial charge is 0.493 e. The van der Waals surface area contributed by atoms with Crippen molar-refractivity contribution < 1.29 is 43.5 Å². The van der Waals surface area contributed by atoms with Gasteiger partial charge in [-0.25, -0.2) is 0 Å². The normalized spacial score (nSPS) is 11.1. The second-order valence-corrected chi connectivity index (χ2v) is 7.74. The van der Waals surface area contributed by atoms with Crippen LogP contribution >= 0.6 is 0 Å². The Balaban J connectivity index is 2.25. The molecule has 2 rings (SSSR count). The minimum absolute atomic E-state index is 0.0491. The zero-order chi connectivity index (χ0) is 25.7. The Morgan fingerprint density at radius 3 is 1.74 bits per heavy atom. The highest BCUT2D eigenvalue weighted by Gasteiger charge is 2.45. The summed E-state index contributed by atoms with van der Waals surface area (Å²) in [6.07, 6.45) is 2.08. The standard InChI is InChI=1S/C26H32O9/c1-32-26(33-2,20-12-4-6-14-22(20)35-18-10-8-16-24(29)30)25(31)19-11-3-5-13-21(19)34-17-9-7-15-23(27)28/h3-6,11-14H,7-10,15-18H2,1-2H3,(H,27,28)(H,29,30). The SMILES string of the molecule is COC(OC)(C(=O)c1ccccc1OCCCCC(=O)O)c1ccccc1OCCCCC(=O)O. The van der Waals surface area contributed by atoms with Crippen LogP contribution in [0.3, 0.4) is 0 Å². The maximum absolute atomic E-state index is 13.8. The van der Waals surface area contributed by atoms with Crippen LogP contribution in [0.2, 0.25) is 0 Å². The number of unbranched alkanes of at least 4 members (excludes halogenated alkanes) is 2. The molecule has 0 aliphatic carbocycles. The van der Waals surface area contributed by atoms with Crippen LogP contribution in [0.5, 0.6) is 11.5 Å². The van der Waals surface area contributed by atoms with Crippen LogP contribution in [0, 0.1) is 0 Å². The van der Waals surface area contributed by atoms with Crippen molar-refractivity contribution in [1.29, 1.82) is 0 Å². The number of aliphatic carboxylic acids is 2. The fourth-order valence-corrected chi connectivity index (χ4v) is 3.55. The molecule has 35 heavy (non-hydrogen) atoms. The predicted octanol–water partition coefficient (Wildman–Crippen LogP) is 4.28. The summed E-state index contributed by atoms with van der Waals surface area (Å²) in [5.74, 6) is -3.33. The van der Waals surface area contributed by atoms with Gasteiger partial charge in [0.05, 0.1) is 24.3 Å². The lowest BCUT2D eigenvalue weighted by atomic mass is 9.94. The van der Waals surface area contributed by atoms with E-state index in [4.69, 9.17) is 29.2 Å². The molecule has 0 spiro atoms. The van der Waals surface area contributed by atoms with Gasteiger partial charge >= 0.3 is 11.9 Å². The van der Waals surface area contributed by atoms with Gasteiger partial charge in [0.25, 0.3) is 5.79 Å². The number of carbonyl (C=O) groups is 3. The number of benzene rings is 2. The molecule has 0 saturated carbocycles. The highest BCUT2D eigenvalue weighted by atomic mass is 16.7. The Labute approximate surface area is 204 Å². The minimum atomic E-state index is -1.82. The molecule has 0 aliphatic rings. The van der Waals surface area contributed by atoms with E-state index in [0.29, 0.717) is 42.7 Å². The van der Waals surface area contributed by atoms with E-state index in [-0.39, 0.29) is 31.6 Å². The molecule has 0 atom stereocenters. The third-order valence-corrected chi connectivity index (χ3v) is 5.33. The Morgan fingerprint density at radius 2 is 1.20 bits per heavy atom. The molecule has 0 bridgehead atoms. The Morgan fingerprint density at radius 1 is 0.714 bits per heavy atom. The van der Waals surface area contributed by atoms with E-state index in [9.17, 15) is 14.4 Å². The maximum atomic E-state index is 13.8. The highest BCUT2D eigenvalue weighted by Crippen LogP contribution is 2.38. The van der Waals surface area contributed by atoms with E-state index in [0.717, 1.165) is 0 Å². The lowest BCUT2D eigenvalue weighted by Crippen LogP contribution is -2.40. The van der Waals surface area contributed by atoms with Crippen LogP contribution in [0.25, 0.3) is 0 Å². The number of methoxy groups -OCH3 is 2. The molecule has 2 aromatic rings. The summed E-state index contributed by atoms with van der Waals surface area (Å²) in [6, 6.07) is 13.6. The van der Waals surface area contributed by atoms with Gasteiger partial charge in [0.2, 0.25) is 5.78 Å². The van der Waals surface area contributed by atoms with Crippen LogP contribution in [-0.2, 0) is 24.8 Å². The molecule has 0 amide bonds. The van der Waals surface area contributed by atoms with Gasteiger partial charge in [-0.05, 0) is 49.9 Å². The molecule has 0 fully saturated rings. The van der Waals surface area contributed by atoms with Gasteiger partial charge in [-0.15, -0.1) is 0 Å². The molecule has 2 N–H and O–H groups in total. The lowest BCUT2D eigenvalue weighted by molar-refractivity contribution is -0.177. The molecule has 190 valence electrons. The molecule has 9 nitrogen and oxygen atoms in total.